The second-order valence-electron chi connectivity index (χ2n) is 4.59. The quantitative estimate of drug-likeness (QED) is 0.708. The fraction of sp³-hybridized carbons (Fsp3) is 0.900. The average molecular weight is 172 g/mol. The van der Waals surface area contributed by atoms with Crippen molar-refractivity contribution in [1.82, 2.24) is 0 Å². The summed E-state index contributed by atoms with van der Waals surface area (Å²) < 4.78 is 0. The molecule has 0 rings (SSSR count). The van der Waals surface area contributed by atoms with E-state index in [1.54, 1.807) is 6.92 Å². The predicted octanol–water partition coefficient (Wildman–Crippen LogP) is 2.78. The van der Waals surface area contributed by atoms with Crippen LogP contribution in [0.2, 0.25) is 0 Å². The number of carbonyl (C=O) groups is 1. The molecular formula is C10H20O2. The Balaban J connectivity index is 4.15. The highest BCUT2D eigenvalue weighted by Gasteiger charge is 2.27. The smallest absolute Gasteiger partial charge is 0.306 e. The molecule has 2 nitrogen and oxygen atoms in total. The molecule has 0 aromatic carbocycles. The SMILES string of the molecule is CC(C)C(C)(C)C[C@H](C)C(=O)O. The van der Waals surface area contributed by atoms with Gasteiger partial charge in [-0.25, -0.2) is 0 Å². The highest BCUT2D eigenvalue weighted by Crippen LogP contribution is 2.33. The van der Waals surface area contributed by atoms with Crippen LogP contribution >= 0.6 is 0 Å². The molecule has 12 heavy (non-hydrogen) atoms. The van der Waals surface area contributed by atoms with Crippen molar-refractivity contribution in [3.8, 4) is 0 Å². The van der Waals surface area contributed by atoms with E-state index in [0.29, 0.717) is 5.92 Å². The van der Waals surface area contributed by atoms with E-state index in [4.69, 9.17) is 5.11 Å². The third-order valence-electron chi connectivity index (χ3n) is 2.82. The first-order valence-corrected chi connectivity index (χ1v) is 4.50. The van der Waals surface area contributed by atoms with Crippen LogP contribution in [0, 0.1) is 17.3 Å². The highest BCUT2D eigenvalue weighted by atomic mass is 16.4. The summed E-state index contributed by atoms with van der Waals surface area (Å²) in [6.07, 6.45) is 0.750. The van der Waals surface area contributed by atoms with E-state index >= 15 is 0 Å². The lowest BCUT2D eigenvalue weighted by molar-refractivity contribution is -0.142. The average Bonchev–Trinajstić information content (AvgIpc) is 1.85. The Kier molecular flexibility index (Phi) is 3.75. The monoisotopic (exact) mass is 172 g/mol. The van der Waals surface area contributed by atoms with Crippen molar-refractivity contribution in [2.24, 2.45) is 17.3 Å². The molecule has 0 saturated carbocycles. The summed E-state index contributed by atoms with van der Waals surface area (Å²) in [6.45, 7) is 10.3. The fourth-order valence-electron chi connectivity index (χ4n) is 1.11. The van der Waals surface area contributed by atoms with Crippen LogP contribution in [0.25, 0.3) is 0 Å². The van der Waals surface area contributed by atoms with Gasteiger partial charge in [0.25, 0.3) is 0 Å². The lowest BCUT2D eigenvalue weighted by atomic mass is 9.75. The number of rotatable bonds is 4. The maximum atomic E-state index is 10.6. The molecule has 0 aliphatic rings. The van der Waals surface area contributed by atoms with Crippen LogP contribution in [0.4, 0.5) is 0 Å². The molecule has 0 fully saturated rings. The van der Waals surface area contributed by atoms with Crippen molar-refractivity contribution in [3.05, 3.63) is 0 Å². The van der Waals surface area contributed by atoms with E-state index in [1.165, 1.54) is 0 Å². The first kappa shape index (κ1) is 11.5. The minimum atomic E-state index is -0.691. The summed E-state index contributed by atoms with van der Waals surface area (Å²) in [5.41, 5.74) is 0.123. The van der Waals surface area contributed by atoms with Crippen molar-refractivity contribution in [3.63, 3.8) is 0 Å². The first-order valence-electron chi connectivity index (χ1n) is 4.50. The predicted molar refractivity (Wildman–Crippen MR) is 50.0 cm³/mol. The molecule has 0 aromatic rings. The molecule has 0 aliphatic heterocycles. The zero-order valence-electron chi connectivity index (χ0n) is 8.72. The molecule has 1 N–H and O–H groups in total. The molecule has 0 saturated heterocycles. The summed E-state index contributed by atoms with van der Waals surface area (Å²) in [6, 6.07) is 0. The Morgan fingerprint density at radius 2 is 1.75 bits per heavy atom. The van der Waals surface area contributed by atoms with Crippen molar-refractivity contribution in [1.29, 1.82) is 0 Å². The van der Waals surface area contributed by atoms with Crippen LogP contribution in [0.1, 0.15) is 41.0 Å². The van der Waals surface area contributed by atoms with Gasteiger partial charge in [-0.05, 0) is 17.8 Å². The van der Waals surface area contributed by atoms with E-state index < -0.39 is 5.97 Å². The minimum Gasteiger partial charge on any atom is -0.481 e. The largest absolute Gasteiger partial charge is 0.481 e. The minimum absolute atomic E-state index is 0.123. The van der Waals surface area contributed by atoms with Crippen LogP contribution in [0.3, 0.4) is 0 Å². The van der Waals surface area contributed by atoms with Crippen LogP contribution in [-0.4, -0.2) is 11.1 Å². The third kappa shape index (κ3) is 3.24. The molecular weight excluding hydrogens is 152 g/mol. The summed E-state index contributed by atoms with van der Waals surface area (Å²) in [5.74, 6) is -0.398. The molecule has 0 spiro atoms. The fourth-order valence-corrected chi connectivity index (χ4v) is 1.11. The van der Waals surface area contributed by atoms with E-state index in [-0.39, 0.29) is 11.3 Å². The summed E-state index contributed by atoms with van der Waals surface area (Å²) in [5, 5.41) is 8.73. The maximum Gasteiger partial charge on any atom is 0.306 e. The number of hydrogen-bond donors (Lipinski definition) is 1. The molecule has 72 valence electrons. The molecule has 0 amide bonds. The third-order valence-corrected chi connectivity index (χ3v) is 2.82. The van der Waals surface area contributed by atoms with Gasteiger partial charge in [0, 0.05) is 0 Å². The zero-order valence-corrected chi connectivity index (χ0v) is 8.72. The number of hydrogen-bond acceptors (Lipinski definition) is 1. The van der Waals surface area contributed by atoms with Crippen molar-refractivity contribution in [2.45, 2.75) is 41.0 Å². The Morgan fingerprint density at radius 1 is 1.33 bits per heavy atom. The molecule has 0 aliphatic carbocycles. The van der Waals surface area contributed by atoms with E-state index in [0.717, 1.165) is 6.42 Å². The van der Waals surface area contributed by atoms with Crippen LogP contribution in [0.15, 0.2) is 0 Å². The van der Waals surface area contributed by atoms with Gasteiger partial charge in [0.1, 0.15) is 0 Å². The topological polar surface area (TPSA) is 37.3 Å². The lowest BCUT2D eigenvalue weighted by Gasteiger charge is -2.30. The second kappa shape index (κ2) is 3.92. The summed E-state index contributed by atoms with van der Waals surface area (Å²) in [7, 11) is 0. The van der Waals surface area contributed by atoms with Gasteiger partial charge in [-0.1, -0.05) is 34.6 Å². The highest BCUT2D eigenvalue weighted by molar-refractivity contribution is 5.69. The molecule has 0 aromatic heterocycles. The molecule has 0 unspecified atom stereocenters. The zero-order chi connectivity index (χ0) is 9.94. The van der Waals surface area contributed by atoms with Crippen LogP contribution in [-0.2, 0) is 4.79 Å². The van der Waals surface area contributed by atoms with Gasteiger partial charge in [-0.15, -0.1) is 0 Å². The Labute approximate surface area is 75.0 Å². The van der Waals surface area contributed by atoms with E-state index in [1.807, 2.05) is 0 Å². The Hall–Kier alpha value is -0.530. The number of carboxylic acid groups (broad SMARTS) is 1. The van der Waals surface area contributed by atoms with Crippen molar-refractivity contribution < 1.29 is 9.90 Å². The van der Waals surface area contributed by atoms with Gasteiger partial charge in [0.05, 0.1) is 5.92 Å². The first-order chi connectivity index (χ1) is 5.27. The van der Waals surface area contributed by atoms with Crippen LogP contribution in [0.5, 0.6) is 0 Å². The molecule has 0 bridgehead atoms. The maximum absolute atomic E-state index is 10.6. The van der Waals surface area contributed by atoms with Crippen molar-refractivity contribution in [2.75, 3.05) is 0 Å². The summed E-state index contributed by atoms with van der Waals surface area (Å²) >= 11 is 0. The number of carboxylic acids is 1. The van der Waals surface area contributed by atoms with E-state index in [2.05, 4.69) is 27.7 Å². The molecule has 1 atom stereocenters. The van der Waals surface area contributed by atoms with Crippen LogP contribution < -0.4 is 0 Å². The van der Waals surface area contributed by atoms with Gasteiger partial charge in [0.2, 0.25) is 0 Å². The van der Waals surface area contributed by atoms with Gasteiger partial charge < -0.3 is 5.11 Å². The van der Waals surface area contributed by atoms with Gasteiger partial charge in [-0.3, -0.25) is 4.79 Å². The standard InChI is InChI=1S/C10H20O2/c1-7(2)10(4,5)6-8(3)9(11)12/h7-8H,6H2,1-5H3,(H,11,12)/t8-/m0/s1. The van der Waals surface area contributed by atoms with Gasteiger partial charge in [-0.2, -0.15) is 0 Å². The molecule has 0 heterocycles. The number of aliphatic carboxylic acids is 1. The lowest BCUT2D eigenvalue weighted by Crippen LogP contribution is -2.25. The van der Waals surface area contributed by atoms with E-state index in [9.17, 15) is 4.79 Å². The summed E-state index contributed by atoms with van der Waals surface area (Å²) in [4.78, 5) is 10.6. The molecule has 0 radical (unpaired) electrons. The Bertz CT molecular complexity index is 159. The molecule has 2 heteroatoms. The van der Waals surface area contributed by atoms with Gasteiger partial charge in [0.15, 0.2) is 0 Å². The van der Waals surface area contributed by atoms with Crippen molar-refractivity contribution >= 4 is 5.97 Å². The second-order valence-corrected chi connectivity index (χ2v) is 4.59. The normalized spacial score (nSPS) is 14.8. The Morgan fingerprint density at radius 3 is 2.00 bits per heavy atom. The van der Waals surface area contributed by atoms with Gasteiger partial charge >= 0.3 is 5.97 Å².